The highest BCUT2D eigenvalue weighted by molar-refractivity contribution is 7.91. The minimum absolute atomic E-state index is 0.0323. The van der Waals surface area contributed by atoms with Crippen LogP contribution in [0.25, 0.3) is 0 Å². The summed E-state index contributed by atoms with van der Waals surface area (Å²) in [6.45, 7) is 28.5. The average molecular weight is 737 g/mol. The Labute approximate surface area is 299 Å². The van der Waals surface area contributed by atoms with Crippen LogP contribution >= 0.6 is 0 Å². The number of hydrogen-bond acceptors (Lipinski definition) is 8. The number of Topliss-reactive ketones (excluding diaryl/α,β-unsaturated/α-hetero) is 1. The molecule has 3 fully saturated rings. The Morgan fingerprint density at radius 1 is 0.939 bits per heavy atom. The topological polar surface area (TPSA) is 105 Å². The number of methoxy groups -OCH3 is 1. The minimum atomic E-state index is -3.71. The summed E-state index contributed by atoms with van der Waals surface area (Å²) in [6, 6.07) is 8.37. The van der Waals surface area contributed by atoms with Crippen LogP contribution in [0.4, 0.5) is 0 Å². The maximum atomic E-state index is 15.8. The second-order valence-corrected chi connectivity index (χ2v) is 30.6. The maximum Gasteiger partial charge on any atom is 0.311 e. The van der Waals surface area contributed by atoms with Gasteiger partial charge in [-0.05, 0) is 79.5 Å². The Bertz CT molecular complexity index is 1490. The quantitative estimate of drug-likeness (QED) is 0.175. The fraction of sp³-hybridized carbons (Fsp3) is 0.789. The zero-order valence-electron chi connectivity index (χ0n) is 32.7. The number of fused-ring (bicyclic) bond motifs is 1. The standard InChI is InChI=1S/C38H64O8SSi2/c1-34(2,3)48(11,12)44-25-26-20-21-30(46-49(13,14)35(4,5)6)37(9)24-29-31(33(40)43-10)36(7,8)28(32(39)38(26,37)45-29)22-23-47(41,42)27-18-16-15-17-19-27/h15-19,26,28-31H,20-25H2,1-14H3/t26-,28+,29-,30+,31+,37-,38-/m1/s1. The van der Waals surface area contributed by atoms with E-state index >= 15 is 4.79 Å². The van der Waals surface area contributed by atoms with Crippen molar-refractivity contribution in [2.24, 2.45) is 28.6 Å². The molecule has 2 bridgehead atoms. The van der Waals surface area contributed by atoms with Crippen LogP contribution in [-0.2, 0) is 37.8 Å². The minimum Gasteiger partial charge on any atom is -0.469 e. The number of hydrogen-bond donors (Lipinski definition) is 0. The summed E-state index contributed by atoms with van der Waals surface area (Å²) < 4.78 is 54.1. The van der Waals surface area contributed by atoms with Crippen molar-refractivity contribution in [2.75, 3.05) is 19.5 Å². The van der Waals surface area contributed by atoms with Gasteiger partial charge in [-0.2, -0.15) is 0 Å². The van der Waals surface area contributed by atoms with Crippen LogP contribution in [-0.4, -0.2) is 74.1 Å². The van der Waals surface area contributed by atoms with Crippen LogP contribution in [0.1, 0.15) is 88.0 Å². The molecule has 0 N–H and O–H groups in total. The number of carbonyl (C=O) groups excluding carboxylic acids is 2. The zero-order chi connectivity index (χ0) is 37.2. The molecule has 49 heavy (non-hydrogen) atoms. The molecule has 0 radical (unpaired) electrons. The van der Waals surface area contributed by atoms with E-state index in [0.717, 1.165) is 6.42 Å². The molecule has 1 spiro atoms. The van der Waals surface area contributed by atoms with Crippen molar-refractivity contribution in [3.63, 3.8) is 0 Å². The van der Waals surface area contributed by atoms with Crippen LogP contribution in [0.15, 0.2) is 35.2 Å². The van der Waals surface area contributed by atoms with Gasteiger partial charge in [0.1, 0.15) is 5.60 Å². The first-order valence-electron chi connectivity index (χ1n) is 18.1. The van der Waals surface area contributed by atoms with Gasteiger partial charge in [0.15, 0.2) is 32.3 Å². The van der Waals surface area contributed by atoms with E-state index in [1.54, 1.807) is 30.3 Å². The number of rotatable bonds is 10. The highest BCUT2D eigenvalue weighted by Crippen LogP contribution is 2.66. The molecule has 278 valence electrons. The highest BCUT2D eigenvalue weighted by Gasteiger charge is 2.75. The maximum absolute atomic E-state index is 15.8. The third-order valence-corrected chi connectivity index (χ3v) is 24.3. The number of carbonyl (C=O) groups is 2. The monoisotopic (exact) mass is 736 g/mol. The normalized spacial score (nSPS) is 32.4. The van der Waals surface area contributed by atoms with Crippen molar-refractivity contribution in [3.8, 4) is 0 Å². The van der Waals surface area contributed by atoms with Gasteiger partial charge in [0.05, 0.1) is 35.9 Å². The van der Waals surface area contributed by atoms with Gasteiger partial charge >= 0.3 is 5.97 Å². The predicted molar refractivity (Wildman–Crippen MR) is 199 cm³/mol. The van der Waals surface area contributed by atoms with Gasteiger partial charge in [-0.15, -0.1) is 0 Å². The van der Waals surface area contributed by atoms with Crippen LogP contribution in [0.5, 0.6) is 0 Å². The predicted octanol–water partition coefficient (Wildman–Crippen LogP) is 8.22. The molecule has 1 aliphatic carbocycles. The van der Waals surface area contributed by atoms with E-state index in [1.807, 2.05) is 13.8 Å². The molecule has 2 heterocycles. The molecule has 11 heteroatoms. The molecule has 2 saturated heterocycles. The summed E-state index contributed by atoms with van der Waals surface area (Å²) in [7, 11) is -6.86. The van der Waals surface area contributed by atoms with Crippen LogP contribution in [0.2, 0.25) is 36.3 Å². The molecule has 0 amide bonds. The smallest absolute Gasteiger partial charge is 0.311 e. The Morgan fingerprint density at radius 3 is 2.04 bits per heavy atom. The molecule has 4 rings (SSSR count). The Balaban J connectivity index is 1.90. The second-order valence-electron chi connectivity index (χ2n) is 18.9. The summed E-state index contributed by atoms with van der Waals surface area (Å²) >= 11 is 0. The van der Waals surface area contributed by atoms with Gasteiger partial charge in [-0.3, -0.25) is 9.59 Å². The van der Waals surface area contributed by atoms with Crippen molar-refractivity contribution in [1.82, 2.24) is 0 Å². The Kier molecular flexibility index (Phi) is 10.9. The van der Waals surface area contributed by atoms with Crippen LogP contribution in [0.3, 0.4) is 0 Å². The van der Waals surface area contributed by atoms with Crippen LogP contribution in [0, 0.1) is 28.6 Å². The van der Waals surface area contributed by atoms with Crippen molar-refractivity contribution < 1.29 is 36.3 Å². The molecule has 1 aromatic carbocycles. The first-order chi connectivity index (χ1) is 22.2. The number of sulfone groups is 1. The summed E-state index contributed by atoms with van der Waals surface area (Å²) in [5.41, 5.74) is -3.04. The Morgan fingerprint density at radius 2 is 1.51 bits per heavy atom. The lowest BCUT2D eigenvalue weighted by atomic mass is 9.50. The first-order valence-corrected chi connectivity index (χ1v) is 25.6. The lowest BCUT2D eigenvalue weighted by Gasteiger charge is -2.57. The SMILES string of the molecule is COC(=O)[C@@H]1[C@H]2C[C@]3(C)[C@@H](O[Si](C)(C)C(C)(C)C)CC[C@H](CO[Si](C)(C)C(C)(C)C)[C@@]3(O2)C(=O)[C@H](CCS(=O)(=O)c2ccccc2)C1(C)C. The van der Waals surface area contributed by atoms with Gasteiger partial charge in [0.2, 0.25) is 0 Å². The van der Waals surface area contributed by atoms with Gasteiger partial charge in [-0.25, -0.2) is 8.42 Å². The lowest BCUT2D eigenvalue weighted by Crippen LogP contribution is -2.68. The van der Waals surface area contributed by atoms with E-state index in [1.165, 1.54) is 7.11 Å². The summed E-state index contributed by atoms with van der Waals surface area (Å²) in [4.78, 5) is 29.8. The molecule has 3 aliphatic rings. The first kappa shape index (κ1) is 40.4. The van der Waals surface area contributed by atoms with Crippen molar-refractivity contribution in [1.29, 1.82) is 0 Å². The zero-order valence-corrected chi connectivity index (χ0v) is 35.5. The summed E-state index contributed by atoms with van der Waals surface area (Å²) in [5, 5.41) is -0.0887. The van der Waals surface area contributed by atoms with E-state index in [2.05, 4.69) is 74.7 Å². The number of ketones is 1. The Hall–Kier alpha value is -1.38. The molecular formula is C38H64O8SSi2. The molecule has 1 saturated carbocycles. The van der Waals surface area contributed by atoms with E-state index in [-0.39, 0.29) is 45.0 Å². The molecule has 0 aromatic heterocycles. The third kappa shape index (κ3) is 6.94. The molecule has 8 nitrogen and oxygen atoms in total. The van der Waals surface area contributed by atoms with Crippen molar-refractivity contribution in [3.05, 3.63) is 30.3 Å². The van der Waals surface area contributed by atoms with Crippen molar-refractivity contribution in [2.45, 2.75) is 147 Å². The molecule has 1 aromatic rings. The number of benzene rings is 1. The summed E-state index contributed by atoms with van der Waals surface area (Å²) in [6.07, 6.45) is 1.06. The fourth-order valence-electron chi connectivity index (χ4n) is 8.36. The van der Waals surface area contributed by atoms with Crippen LogP contribution < -0.4 is 0 Å². The fourth-order valence-corrected chi connectivity index (χ4v) is 12.2. The van der Waals surface area contributed by atoms with Gasteiger partial charge in [0.25, 0.3) is 0 Å². The lowest BCUT2D eigenvalue weighted by molar-refractivity contribution is -0.194. The molecule has 7 atom stereocenters. The highest BCUT2D eigenvalue weighted by atomic mass is 32.2. The summed E-state index contributed by atoms with van der Waals surface area (Å²) in [5.74, 6) is -2.63. The van der Waals surface area contributed by atoms with E-state index in [9.17, 15) is 13.2 Å². The largest absolute Gasteiger partial charge is 0.469 e. The van der Waals surface area contributed by atoms with Gasteiger partial charge in [-0.1, -0.05) is 80.5 Å². The number of esters is 1. The second kappa shape index (κ2) is 13.2. The average Bonchev–Trinajstić information content (AvgIpc) is 3.26. The van der Waals surface area contributed by atoms with Gasteiger partial charge < -0.3 is 18.3 Å². The van der Waals surface area contributed by atoms with Gasteiger partial charge in [0, 0.05) is 23.9 Å². The number of ether oxygens (including phenoxy) is 2. The third-order valence-electron chi connectivity index (χ3n) is 13.6. The van der Waals surface area contributed by atoms with E-state index < -0.39 is 66.8 Å². The van der Waals surface area contributed by atoms with Crippen molar-refractivity contribution >= 4 is 38.2 Å². The van der Waals surface area contributed by atoms with E-state index in [0.29, 0.717) is 19.4 Å². The van der Waals surface area contributed by atoms with E-state index in [4.69, 9.17) is 18.3 Å². The molecule has 0 unspecified atom stereocenters. The molecule has 2 aliphatic heterocycles. The molecular weight excluding hydrogens is 673 g/mol.